The Bertz CT molecular complexity index is 1090. The van der Waals surface area contributed by atoms with Crippen molar-refractivity contribution < 1.29 is 8.42 Å². The number of hydrogen-bond donors (Lipinski definition) is 1. The van der Waals surface area contributed by atoms with Gasteiger partial charge in [-0.3, -0.25) is 9.52 Å². The van der Waals surface area contributed by atoms with Crippen molar-refractivity contribution in [1.82, 2.24) is 19.6 Å². The van der Waals surface area contributed by atoms with Gasteiger partial charge in [-0.15, -0.1) is 5.10 Å². The van der Waals surface area contributed by atoms with Crippen molar-refractivity contribution in [2.24, 2.45) is 0 Å². The summed E-state index contributed by atoms with van der Waals surface area (Å²) in [5.74, 6) is 0.176. The van der Waals surface area contributed by atoms with E-state index >= 15 is 0 Å². The van der Waals surface area contributed by atoms with Crippen molar-refractivity contribution in [3.05, 3.63) is 58.9 Å². The Hall–Kier alpha value is -2.94. The van der Waals surface area contributed by atoms with E-state index in [4.69, 9.17) is 0 Å². The second-order valence-electron chi connectivity index (χ2n) is 6.13. The number of benzene rings is 1. The second-order valence-corrected chi connectivity index (χ2v) is 7.88. The fraction of sp³-hybridized carbons (Fsp3) is 0.235. The Morgan fingerprint density at radius 3 is 2.35 bits per heavy atom. The minimum absolute atomic E-state index is 0.107. The molecule has 0 aliphatic heterocycles. The maximum absolute atomic E-state index is 12.0. The van der Waals surface area contributed by atoms with Gasteiger partial charge in [0.2, 0.25) is 10.0 Å². The molecule has 2 aromatic heterocycles. The minimum atomic E-state index is -3.47. The van der Waals surface area contributed by atoms with Gasteiger partial charge in [-0.1, -0.05) is 18.2 Å². The first-order valence-corrected chi connectivity index (χ1v) is 9.87. The highest BCUT2D eigenvalue weighted by Crippen LogP contribution is 2.24. The van der Waals surface area contributed by atoms with Crippen LogP contribution in [0.4, 0.5) is 5.82 Å². The molecule has 136 valence electrons. The lowest BCUT2D eigenvalue weighted by molar-refractivity contribution is 0.504. The summed E-state index contributed by atoms with van der Waals surface area (Å²) in [5.41, 5.74) is 1.62. The van der Waals surface area contributed by atoms with Crippen LogP contribution in [0.2, 0.25) is 0 Å². The monoisotopic (exact) mass is 373 g/mol. The van der Waals surface area contributed by atoms with E-state index in [9.17, 15) is 13.2 Å². The maximum atomic E-state index is 12.0. The van der Waals surface area contributed by atoms with E-state index in [1.807, 2.05) is 44.2 Å². The molecular weight excluding hydrogens is 354 g/mol. The van der Waals surface area contributed by atoms with E-state index in [2.05, 4.69) is 14.9 Å². The van der Waals surface area contributed by atoms with Crippen LogP contribution in [0.15, 0.2) is 53.3 Å². The summed E-state index contributed by atoms with van der Waals surface area (Å²) in [5, 5.41) is 8.74. The molecule has 8 nitrogen and oxygen atoms in total. The van der Waals surface area contributed by atoms with Gasteiger partial charge in [0.25, 0.3) is 5.56 Å². The third kappa shape index (κ3) is 3.83. The Kier molecular flexibility index (Phi) is 4.64. The predicted octanol–water partition coefficient (Wildman–Crippen LogP) is 2.05. The normalized spacial score (nSPS) is 11.7. The van der Waals surface area contributed by atoms with Crippen molar-refractivity contribution in [3.63, 3.8) is 0 Å². The largest absolute Gasteiger partial charge is 0.268 e. The Labute approximate surface area is 151 Å². The van der Waals surface area contributed by atoms with Gasteiger partial charge in [0.15, 0.2) is 5.82 Å². The molecule has 0 atom stereocenters. The number of sulfonamides is 1. The zero-order valence-electron chi connectivity index (χ0n) is 14.6. The first kappa shape index (κ1) is 17.9. The number of hydrogen-bond acceptors (Lipinski definition) is 5. The van der Waals surface area contributed by atoms with Gasteiger partial charge >= 0.3 is 0 Å². The van der Waals surface area contributed by atoms with E-state index in [1.165, 1.54) is 10.7 Å². The molecule has 26 heavy (non-hydrogen) atoms. The molecule has 0 saturated heterocycles. The van der Waals surface area contributed by atoms with Crippen molar-refractivity contribution in [2.75, 3.05) is 11.0 Å². The quantitative estimate of drug-likeness (QED) is 0.738. The molecule has 3 rings (SSSR count). The molecule has 0 fully saturated rings. The van der Waals surface area contributed by atoms with Gasteiger partial charge in [-0.05, 0) is 32.0 Å². The van der Waals surface area contributed by atoms with Gasteiger partial charge in [-0.25, -0.2) is 17.8 Å². The number of rotatable bonds is 5. The van der Waals surface area contributed by atoms with Gasteiger partial charge in [0, 0.05) is 12.1 Å². The lowest BCUT2D eigenvalue weighted by atomic mass is 10.2. The van der Waals surface area contributed by atoms with Crippen molar-refractivity contribution in [3.8, 4) is 17.1 Å². The second kappa shape index (κ2) is 6.75. The van der Waals surface area contributed by atoms with Crippen molar-refractivity contribution >= 4 is 15.8 Å². The topological polar surface area (TPSA) is 98.9 Å². The van der Waals surface area contributed by atoms with Gasteiger partial charge in [-0.2, -0.15) is 5.10 Å². The first-order valence-electron chi connectivity index (χ1n) is 7.98. The molecule has 0 unspecified atom stereocenters. The van der Waals surface area contributed by atoms with Crippen molar-refractivity contribution in [2.45, 2.75) is 19.9 Å². The zero-order valence-corrected chi connectivity index (χ0v) is 15.4. The standard InChI is InChI=1S/C17H19N5O3S/c1-12(2)21-17(23)10-9-14(18-21)15-11-16(20-26(3,24)25)19-22(15)13-7-5-4-6-8-13/h4-12H,1-3H3,(H,19,20). The number of nitrogens with zero attached hydrogens (tertiary/aromatic N) is 4. The first-order chi connectivity index (χ1) is 12.2. The zero-order chi connectivity index (χ0) is 18.9. The molecule has 0 spiro atoms. The van der Waals surface area contributed by atoms with Gasteiger partial charge in [0.05, 0.1) is 23.7 Å². The van der Waals surface area contributed by atoms with Crippen molar-refractivity contribution in [1.29, 1.82) is 0 Å². The summed E-state index contributed by atoms with van der Waals surface area (Å²) in [6.45, 7) is 3.73. The summed E-state index contributed by atoms with van der Waals surface area (Å²) in [7, 11) is -3.47. The summed E-state index contributed by atoms with van der Waals surface area (Å²) >= 11 is 0. The summed E-state index contributed by atoms with van der Waals surface area (Å²) in [6.07, 6.45) is 1.06. The molecule has 1 N–H and O–H groups in total. The SMILES string of the molecule is CC(C)n1nc(-c2cc(NS(C)(=O)=O)nn2-c2ccccc2)ccc1=O. The maximum Gasteiger partial charge on any atom is 0.267 e. The average Bonchev–Trinajstić information content (AvgIpc) is 2.97. The Balaban J connectivity index is 2.19. The number of nitrogens with one attached hydrogen (secondary N) is 1. The molecule has 9 heteroatoms. The Morgan fingerprint density at radius 2 is 1.73 bits per heavy atom. The highest BCUT2D eigenvalue weighted by atomic mass is 32.2. The third-order valence-electron chi connectivity index (χ3n) is 3.58. The third-order valence-corrected chi connectivity index (χ3v) is 4.16. The highest BCUT2D eigenvalue weighted by Gasteiger charge is 2.16. The van der Waals surface area contributed by atoms with Crippen LogP contribution in [0.1, 0.15) is 19.9 Å². The molecule has 2 heterocycles. The number of anilines is 1. The molecule has 0 aliphatic carbocycles. The number of para-hydroxylation sites is 1. The molecule has 3 aromatic rings. The fourth-order valence-corrected chi connectivity index (χ4v) is 2.98. The Morgan fingerprint density at radius 1 is 1.04 bits per heavy atom. The number of aromatic nitrogens is 4. The van der Waals surface area contributed by atoms with Crippen LogP contribution in [0, 0.1) is 0 Å². The van der Waals surface area contributed by atoms with E-state index in [-0.39, 0.29) is 17.4 Å². The van der Waals surface area contributed by atoms with Crippen LogP contribution in [0.3, 0.4) is 0 Å². The predicted molar refractivity (Wildman–Crippen MR) is 99.9 cm³/mol. The molecule has 0 saturated carbocycles. The summed E-state index contributed by atoms with van der Waals surface area (Å²) in [4.78, 5) is 12.0. The van der Waals surface area contributed by atoms with Crippen LogP contribution in [0.25, 0.3) is 17.1 Å². The molecule has 0 radical (unpaired) electrons. The van der Waals surface area contributed by atoms with Crippen LogP contribution in [-0.4, -0.2) is 34.2 Å². The van der Waals surface area contributed by atoms with E-state index < -0.39 is 10.0 Å². The van der Waals surface area contributed by atoms with Crippen LogP contribution in [0.5, 0.6) is 0 Å². The van der Waals surface area contributed by atoms with E-state index in [0.717, 1.165) is 11.9 Å². The van der Waals surface area contributed by atoms with E-state index in [1.54, 1.807) is 16.8 Å². The lowest BCUT2D eigenvalue weighted by Crippen LogP contribution is -2.24. The smallest absolute Gasteiger partial charge is 0.267 e. The fourth-order valence-electron chi connectivity index (χ4n) is 2.50. The molecule has 0 aliphatic rings. The van der Waals surface area contributed by atoms with Gasteiger partial charge in [0.1, 0.15) is 5.69 Å². The average molecular weight is 373 g/mol. The van der Waals surface area contributed by atoms with Crippen LogP contribution in [-0.2, 0) is 10.0 Å². The highest BCUT2D eigenvalue weighted by molar-refractivity contribution is 7.92. The van der Waals surface area contributed by atoms with Crippen LogP contribution < -0.4 is 10.3 Å². The summed E-state index contributed by atoms with van der Waals surface area (Å²) in [6, 6.07) is 13.8. The molecular formula is C17H19N5O3S. The summed E-state index contributed by atoms with van der Waals surface area (Å²) < 4.78 is 28.5. The molecule has 0 amide bonds. The van der Waals surface area contributed by atoms with E-state index in [0.29, 0.717) is 11.4 Å². The minimum Gasteiger partial charge on any atom is -0.268 e. The van der Waals surface area contributed by atoms with Crippen LogP contribution >= 0.6 is 0 Å². The molecule has 1 aromatic carbocycles. The van der Waals surface area contributed by atoms with Gasteiger partial charge < -0.3 is 0 Å². The molecule has 0 bridgehead atoms. The lowest BCUT2D eigenvalue weighted by Gasteiger charge is -2.11.